The standard InChI is InChI=1S/C19H12Cl2N2O5S/c20-12-2-1-3-13(21)11(12)7-16-18(25)23(19(26)29-16)8-17(24)22-10-4-5-14-15(6-10)28-9-27-14/h1-7H,8-9H2,(H,22,24)/b16-7-. The minimum absolute atomic E-state index is 0.116. The van der Waals surface area contributed by atoms with Gasteiger partial charge in [0, 0.05) is 27.4 Å². The molecule has 3 amide bonds. The number of nitrogens with one attached hydrogen (secondary N) is 1. The second-order valence-electron chi connectivity index (χ2n) is 6.02. The Balaban J connectivity index is 1.46. The second kappa shape index (κ2) is 7.98. The lowest BCUT2D eigenvalue weighted by Gasteiger charge is -2.12. The first-order valence-electron chi connectivity index (χ1n) is 8.31. The molecular weight excluding hydrogens is 439 g/mol. The summed E-state index contributed by atoms with van der Waals surface area (Å²) in [6.07, 6.45) is 1.45. The number of rotatable bonds is 4. The van der Waals surface area contributed by atoms with Crippen LogP contribution >= 0.6 is 35.0 Å². The number of hydrogen-bond donors (Lipinski definition) is 1. The fraction of sp³-hybridized carbons (Fsp3) is 0.105. The lowest BCUT2D eigenvalue weighted by molar-refractivity contribution is -0.127. The molecule has 10 heteroatoms. The first kappa shape index (κ1) is 19.6. The summed E-state index contributed by atoms with van der Waals surface area (Å²) in [6, 6.07) is 9.83. The van der Waals surface area contributed by atoms with Crippen LogP contribution in [-0.4, -0.2) is 35.3 Å². The minimum Gasteiger partial charge on any atom is -0.454 e. The van der Waals surface area contributed by atoms with Crippen LogP contribution in [0.1, 0.15) is 5.56 Å². The molecule has 2 aromatic carbocycles. The number of carbonyl (C=O) groups is 3. The first-order chi connectivity index (χ1) is 13.9. The number of ether oxygens (including phenoxy) is 2. The number of amides is 3. The summed E-state index contributed by atoms with van der Waals surface area (Å²) in [5, 5.41) is 2.78. The Labute approximate surface area is 179 Å². The smallest absolute Gasteiger partial charge is 0.294 e. The van der Waals surface area contributed by atoms with E-state index in [4.69, 9.17) is 32.7 Å². The summed E-state index contributed by atoms with van der Waals surface area (Å²) in [7, 11) is 0. The van der Waals surface area contributed by atoms with Crippen LogP contribution in [0.4, 0.5) is 10.5 Å². The predicted molar refractivity (Wildman–Crippen MR) is 110 cm³/mol. The summed E-state index contributed by atoms with van der Waals surface area (Å²) in [5.41, 5.74) is 0.899. The zero-order valence-corrected chi connectivity index (χ0v) is 16.9. The summed E-state index contributed by atoms with van der Waals surface area (Å²) in [5.74, 6) is -0.0224. The highest BCUT2D eigenvalue weighted by atomic mass is 35.5. The molecular formula is C19H12Cl2N2O5S. The van der Waals surface area contributed by atoms with Crippen molar-refractivity contribution in [3.8, 4) is 11.5 Å². The van der Waals surface area contributed by atoms with Gasteiger partial charge in [-0.2, -0.15) is 0 Å². The Kier molecular flexibility index (Phi) is 5.40. The van der Waals surface area contributed by atoms with E-state index < -0.39 is 23.6 Å². The molecule has 2 aromatic rings. The minimum atomic E-state index is -0.586. The van der Waals surface area contributed by atoms with E-state index in [9.17, 15) is 14.4 Å². The molecule has 0 saturated carbocycles. The highest BCUT2D eigenvalue weighted by Crippen LogP contribution is 2.36. The maximum atomic E-state index is 12.6. The van der Waals surface area contributed by atoms with Gasteiger partial charge < -0.3 is 14.8 Å². The van der Waals surface area contributed by atoms with Gasteiger partial charge in [-0.25, -0.2) is 0 Å². The lowest BCUT2D eigenvalue weighted by Crippen LogP contribution is -2.36. The molecule has 0 radical (unpaired) electrons. The van der Waals surface area contributed by atoms with Gasteiger partial charge in [-0.05, 0) is 42.1 Å². The van der Waals surface area contributed by atoms with Crippen molar-refractivity contribution >= 4 is 63.8 Å². The number of fused-ring (bicyclic) bond motifs is 1. The maximum absolute atomic E-state index is 12.6. The Bertz CT molecular complexity index is 1050. The van der Waals surface area contributed by atoms with Gasteiger partial charge >= 0.3 is 0 Å². The number of thioether (sulfide) groups is 1. The summed E-state index contributed by atoms with van der Waals surface area (Å²) in [4.78, 5) is 38.2. The maximum Gasteiger partial charge on any atom is 0.294 e. The van der Waals surface area contributed by atoms with Crippen LogP contribution in [0.15, 0.2) is 41.3 Å². The van der Waals surface area contributed by atoms with Gasteiger partial charge in [-0.3, -0.25) is 19.3 Å². The van der Waals surface area contributed by atoms with E-state index in [2.05, 4.69) is 5.32 Å². The van der Waals surface area contributed by atoms with Gasteiger partial charge in [0.25, 0.3) is 11.1 Å². The highest BCUT2D eigenvalue weighted by Gasteiger charge is 2.36. The van der Waals surface area contributed by atoms with Crippen LogP contribution in [0.2, 0.25) is 10.0 Å². The van der Waals surface area contributed by atoms with E-state index in [0.29, 0.717) is 32.8 Å². The van der Waals surface area contributed by atoms with Crippen molar-refractivity contribution in [2.24, 2.45) is 0 Å². The Morgan fingerprint density at radius 2 is 1.86 bits per heavy atom. The molecule has 148 valence electrons. The number of halogens is 2. The molecule has 2 aliphatic heterocycles. The van der Waals surface area contributed by atoms with Gasteiger partial charge in [0.1, 0.15) is 6.54 Å². The van der Waals surface area contributed by atoms with Crippen LogP contribution < -0.4 is 14.8 Å². The normalized spacial score (nSPS) is 16.6. The Morgan fingerprint density at radius 3 is 2.62 bits per heavy atom. The fourth-order valence-corrected chi connectivity index (χ4v) is 4.06. The molecule has 29 heavy (non-hydrogen) atoms. The van der Waals surface area contributed by atoms with Crippen molar-refractivity contribution in [1.29, 1.82) is 0 Å². The molecule has 7 nitrogen and oxygen atoms in total. The third-order valence-electron chi connectivity index (χ3n) is 4.11. The average Bonchev–Trinajstić information content (AvgIpc) is 3.24. The van der Waals surface area contributed by atoms with E-state index in [-0.39, 0.29) is 11.7 Å². The number of anilines is 1. The molecule has 2 aliphatic rings. The summed E-state index contributed by atoms with van der Waals surface area (Å²) >= 11 is 12.9. The topological polar surface area (TPSA) is 84.9 Å². The van der Waals surface area contributed by atoms with E-state index in [1.54, 1.807) is 36.4 Å². The molecule has 1 saturated heterocycles. The molecule has 0 atom stereocenters. The number of benzene rings is 2. The van der Waals surface area contributed by atoms with Gasteiger partial charge in [-0.15, -0.1) is 0 Å². The van der Waals surface area contributed by atoms with E-state index in [1.807, 2.05) is 0 Å². The largest absolute Gasteiger partial charge is 0.454 e. The van der Waals surface area contributed by atoms with Crippen LogP contribution in [0.3, 0.4) is 0 Å². The SMILES string of the molecule is O=C(CN1C(=O)S/C(=C\c2c(Cl)cccc2Cl)C1=O)Nc1ccc2c(c1)OCO2. The molecule has 2 heterocycles. The van der Waals surface area contributed by atoms with Crippen LogP contribution in [0, 0.1) is 0 Å². The van der Waals surface area contributed by atoms with Gasteiger partial charge in [0.05, 0.1) is 4.91 Å². The van der Waals surface area contributed by atoms with Crippen molar-refractivity contribution in [1.82, 2.24) is 4.90 Å². The van der Waals surface area contributed by atoms with Crippen LogP contribution in [-0.2, 0) is 9.59 Å². The van der Waals surface area contributed by atoms with E-state index in [1.165, 1.54) is 6.08 Å². The summed E-state index contributed by atoms with van der Waals surface area (Å²) < 4.78 is 10.5. The quantitative estimate of drug-likeness (QED) is 0.694. The first-order valence-corrected chi connectivity index (χ1v) is 9.88. The van der Waals surface area contributed by atoms with Gasteiger partial charge in [0.2, 0.25) is 12.7 Å². The van der Waals surface area contributed by atoms with Crippen molar-refractivity contribution in [3.05, 3.63) is 56.9 Å². The number of nitrogens with zero attached hydrogens (tertiary/aromatic N) is 1. The molecule has 1 N–H and O–H groups in total. The Morgan fingerprint density at radius 1 is 1.14 bits per heavy atom. The van der Waals surface area contributed by atoms with Crippen molar-refractivity contribution in [2.75, 3.05) is 18.7 Å². The predicted octanol–water partition coefficient (Wildman–Crippen LogP) is 4.40. The van der Waals surface area contributed by atoms with Gasteiger partial charge in [-0.1, -0.05) is 29.3 Å². The molecule has 0 spiro atoms. The van der Waals surface area contributed by atoms with Crippen LogP contribution in [0.25, 0.3) is 6.08 Å². The van der Waals surface area contributed by atoms with Crippen molar-refractivity contribution in [3.63, 3.8) is 0 Å². The Hall–Kier alpha value is -2.68. The molecule has 4 rings (SSSR count). The monoisotopic (exact) mass is 450 g/mol. The third kappa shape index (κ3) is 4.05. The number of carbonyl (C=O) groups excluding carboxylic acids is 3. The van der Waals surface area contributed by atoms with E-state index in [0.717, 1.165) is 16.7 Å². The molecule has 1 fully saturated rings. The number of imide groups is 1. The molecule has 0 unspecified atom stereocenters. The van der Waals surface area contributed by atoms with Crippen LogP contribution in [0.5, 0.6) is 11.5 Å². The third-order valence-corrected chi connectivity index (χ3v) is 5.67. The highest BCUT2D eigenvalue weighted by molar-refractivity contribution is 8.18. The van der Waals surface area contributed by atoms with E-state index >= 15 is 0 Å². The zero-order chi connectivity index (χ0) is 20.5. The summed E-state index contributed by atoms with van der Waals surface area (Å²) in [6.45, 7) is -0.308. The lowest BCUT2D eigenvalue weighted by atomic mass is 10.2. The van der Waals surface area contributed by atoms with Crippen molar-refractivity contribution in [2.45, 2.75) is 0 Å². The van der Waals surface area contributed by atoms with Gasteiger partial charge in [0.15, 0.2) is 11.5 Å². The second-order valence-corrected chi connectivity index (χ2v) is 7.83. The molecule has 0 bridgehead atoms. The molecule has 0 aromatic heterocycles. The zero-order valence-electron chi connectivity index (χ0n) is 14.6. The van der Waals surface area contributed by atoms with Crippen molar-refractivity contribution < 1.29 is 23.9 Å². The number of hydrogen-bond acceptors (Lipinski definition) is 6. The molecule has 0 aliphatic carbocycles. The fourth-order valence-electron chi connectivity index (χ4n) is 2.73. The average molecular weight is 451 g/mol.